The van der Waals surface area contributed by atoms with Gasteiger partial charge in [-0.2, -0.15) is 0 Å². The molecule has 1 amide bonds. The molecule has 2 aromatic rings. The average molecular weight is 378 g/mol. The first kappa shape index (κ1) is 19.5. The second-order valence-corrected chi connectivity index (χ2v) is 10.9. The summed E-state index contributed by atoms with van der Waals surface area (Å²) < 4.78 is 25.6. The standard InChI is InChI=1S/C19H23NO3S2/c1-12-6-8-14(9-7-12)25(22,23)24-17-10-13(2)15(18(20)21)11-16(17)19(3,4)5/h6-11H,1-5H3,(H2,20,21). The van der Waals surface area contributed by atoms with E-state index in [9.17, 15) is 13.2 Å². The van der Waals surface area contributed by atoms with Gasteiger partial charge in [0.1, 0.15) is 0 Å². The zero-order chi connectivity index (χ0) is 19.0. The Morgan fingerprint density at radius 3 is 2.08 bits per heavy atom. The van der Waals surface area contributed by atoms with Crippen molar-refractivity contribution in [1.82, 2.24) is 0 Å². The van der Waals surface area contributed by atoms with Crippen molar-refractivity contribution < 1.29 is 13.2 Å². The molecule has 0 saturated heterocycles. The Bertz CT molecular complexity index is 909. The number of amides is 1. The van der Waals surface area contributed by atoms with E-state index in [1.165, 1.54) is 0 Å². The summed E-state index contributed by atoms with van der Waals surface area (Å²) in [5.74, 6) is -0.513. The minimum atomic E-state index is -3.56. The Balaban J connectivity index is 2.56. The van der Waals surface area contributed by atoms with E-state index in [4.69, 9.17) is 5.73 Å². The van der Waals surface area contributed by atoms with Gasteiger partial charge in [-0.3, -0.25) is 4.79 Å². The Morgan fingerprint density at radius 2 is 1.60 bits per heavy atom. The summed E-state index contributed by atoms with van der Waals surface area (Å²) in [6.45, 7) is 9.60. The zero-order valence-corrected chi connectivity index (χ0v) is 16.7. The van der Waals surface area contributed by atoms with E-state index >= 15 is 0 Å². The fourth-order valence-corrected chi connectivity index (χ4v) is 5.70. The van der Waals surface area contributed by atoms with E-state index < -0.39 is 14.8 Å². The molecule has 0 atom stereocenters. The predicted octanol–water partition coefficient (Wildman–Crippen LogP) is 4.18. The van der Waals surface area contributed by atoms with Gasteiger partial charge in [-0.15, -0.1) is 0 Å². The summed E-state index contributed by atoms with van der Waals surface area (Å²) in [4.78, 5) is 12.5. The van der Waals surface area contributed by atoms with Crippen LogP contribution in [-0.4, -0.2) is 14.3 Å². The Kier molecular flexibility index (Phi) is 5.35. The summed E-state index contributed by atoms with van der Waals surface area (Å²) in [6.07, 6.45) is 0. The second kappa shape index (κ2) is 6.84. The summed E-state index contributed by atoms with van der Waals surface area (Å²) in [7, 11) is -2.75. The molecule has 6 heteroatoms. The van der Waals surface area contributed by atoms with E-state index in [1.807, 2.05) is 27.7 Å². The number of hydrogen-bond donors (Lipinski definition) is 1. The number of hydrogen-bond acceptors (Lipinski definition) is 4. The molecule has 25 heavy (non-hydrogen) atoms. The lowest BCUT2D eigenvalue weighted by atomic mass is 9.85. The fourth-order valence-electron chi connectivity index (χ4n) is 2.47. The van der Waals surface area contributed by atoms with Gasteiger partial charge >= 0.3 is 0 Å². The molecule has 0 saturated carbocycles. The van der Waals surface area contributed by atoms with Crippen molar-refractivity contribution in [3.8, 4) is 0 Å². The zero-order valence-electron chi connectivity index (χ0n) is 15.1. The van der Waals surface area contributed by atoms with Crippen molar-refractivity contribution in [3.05, 3.63) is 58.7 Å². The van der Waals surface area contributed by atoms with Gasteiger partial charge in [0.2, 0.25) is 14.8 Å². The largest absolute Gasteiger partial charge is 0.366 e. The molecule has 0 aliphatic rings. The molecule has 0 heterocycles. The van der Waals surface area contributed by atoms with Crippen LogP contribution in [0.15, 0.2) is 46.2 Å². The van der Waals surface area contributed by atoms with Crippen LogP contribution in [0.3, 0.4) is 0 Å². The number of rotatable bonds is 4. The van der Waals surface area contributed by atoms with Gasteiger partial charge in [0.25, 0.3) is 0 Å². The molecule has 134 valence electrons. The molecule has 2 rings (SSSR count). The molecule has 0 fully saturated rings. The van der Waals surface area contributed by atoms with Gasteiger partial charge < -0.3 is 5.73 Å². The van der Waals surface area contributed by atoms with Crippen LogP contribution >= 0.6 is 10.8 Å². The van der Waals surface area contributed by atoms with Gasteiger partial charge in [0.05, 0.1) is 4.90 Å². The number of nitrogens with two attached hydrogens (primary N) is 1. The molecule has 0 aliphatic heterocycles. The third-order valence-corrected chi connectivity index (χ3v) is 7.27. The van der Waals surface area contributed by atoms with Crippen LogP contribution in [0, 0.1) is 13.8 Å². The Hall–Kier alpha value is -1.79. The summed E-state index contributed by atoms with van der Waals surface area (Å²) >= 11 is 0. The van der Waals surface area contributed by atoms with Gasteiger partial charge in [-0.25, -0.2) is 8.42 Å². The van der Waals surface area contributed by atoms with Crippen LogP contribution in [0.4, 0.5) is 0 Å². The van der Waals surface area contributed by atoms with Crippen LogP contribution in [0.25, 0.3) is 0 Å². The van der Waals surface area contributed by atoms with Crippen LogP contribution in [-0.2, 0) is 14.3 Å². The van der Waals surface area contributed by atoms with Crippen molar-refractivity contribution in [2.24, 2.45) is 5.73 Å². The fraction of sp³-hybridized carbons (Fsp3) is 0.316. The molecule has 2 aromatic carbocycles. The predicted molar refractivity (Wildman–Crippen MR) is 103 cm³/mol. The highest BCUT2D eigenvalue weighted by Gasteiger charge is 2.25. The minimum Gasteiger partial charge on any atom is -0.366 e. The maximum absolute atomic E-state index is 12.8. The maximum Gasteiger partial charge on any atom is 0.248 e. The maximum atomic E-state index is 12.8. The number of carbonyl (C=O) groups excluding carboxylic acids is 1. The van der Waals surface area contributed by atoms with E-state index in [0.717, 1.165) is 21.9 Å². The molecule has 0 aromatic heterocycles. The van der Waals surface area contributed by atoms with E-state index in [0.29, 0.717) is 16.0 Å². The number of carbonyl (C=O) groups is 1. The third kappa shape index (κ3) is 4.44. The smallest absolute Gasteiger partial charge is 0.248 e. The second-order valence-electron chi connectivity index (χ2n) is 7.13. The molecule has 0 unspecified atom stereocenters. The molecule has 0 spiro atoms. The molecule has 4 nitrogen and oxygen atoms in total. The van der Waals surface area contributed by atoms with Crippen LogP contribution in [0.2, 0.25) is 0 Å². The topological polar surface area (TPSA) is 77.2 Å². The minimum absolute atomic E-state index is 0.264. The highest BCUT2D eigenvalue weighted by atomic mass is 33.1. The van der Waals surface area contributed by atoms with Gasteiger partial charge in [0.15, 0.2) is 0 Å². The lowest BCUT2D eigenvalue weighted by Gasteiger charge is -2.24. The summed E-state index contributed by atoms with van der Waals surface area (Å²) in [5.41, 5.74) is 7.99. The Labute approximate surface area is 153 Å². The average Bonchev–Trinajstić information content (AvgIpc) is 2.45. The summed E-state index contributed by atoms with van der Waals surface area (Å²) in [6, 6.07) is 10.2. The number of aryl methyl sites for hydroxylation is 2. The van der Waals surface area contributed by atoms with Crippen LogP contribution < -0.4 is 5.73 Å². The van der Waals surface area contributed by atoms with Crippen molar-refractivity contribution >= 4 is 25.6 Å². The monoisotopic (exact) mass is 377 g/mol. The number of benzene rings is 2. The first-order valence-electron chi connectivity index (χ1n) is 7.88. The van der Waals surface area contributed by atoms with Crippen molar-refractivity contribution in [2.45, 2.75) is 49.8 Å². The summed E-state index contributed by atoms with van der Waals surface area (Å²) in [5, 5.41) is 0. The van der Waals surface area contributed by atoms with Crippen LogP contribution in [0.5, 0.6) is 0 Å². The van der Waals surface area contributed by atoms with Gasteiger partial charge in [-0.05, 0) is 54.7 Å². The lowest BCUT2D eigenvalue weighted by Crippen LogP contribution is -2.18. The highest BCUT2D eigenvalue weighted by Crippen LogP contribution is 2.39. The Morgan fingerprint density at radius 1 is 1.04 bits per heavy atom. The van der Waals surface area contributed by atoms with E-state index in [2.05, 4.69) is 0 Å². The number of primary amides is 1. The van der Waals surface area contributed by atoms with E-state index in [-0.39, 0.29) is 10.3 Å². The third-order valence-electron chi connectivity index (χ3n) is 3.91. The normalized spacial score (nSPS) is 12.2. The molecule has 0 aliphatic carbocycles. The van der Waals surface area contributed by atoms with Gasteiger partial charge in [-0.1, -0.05) is 38.5 Å². The molecule has 2 N–H and O–H groups in total. The van der Waals surface area contributed by atoms with Crippen LogP contribution in [0.1, 0.15) is 47.8 Å². The molecular weight excluding hydrogens is 354 g/mol. The first-order valence-corrected chi connectivity index (χ1v) is 10.7. The lowest BCUT2D eigenvalue weighted by molar-refractivity contribution is 0.0999. The SMILES string of the molecule is Cc1ccc(S(=O)(=O)Sc2cc(C)c(C(N)=O)cc2C(C)(C)C)cc1. The highest BCUT2D eigenvalue weighted by molar-refractivity contribution is 8.72. The van der Waals surface area contributed by atoms with Crippen molar-refractivity contribution in [2.75, 3.05) is 0 Å². The van der Waals surface area contributed by atoms with E-state index in [1.54, 1.807) is 43.3 Å². The molecular formula is C19H23NO3S2. The molecule has 0 bridgehead atoms. The van der Waals surface area contributed by atoms with Crippen molar-refractivity contribution in [1.29, 1.82) is 0 Å². The molecule has 0 radical (unpaired) electrons. The first-order chi connectivity index (χ1) is 11.4. The van der Waals surface area contributed by atoms with Crippen molar-refractivity contribution in [3.63, 3.8) is 0 Å². The quantitative estimate of drug-likeness (QED) is 0.811. The van der Waals surface area contributed by atoms with Gasteiger partial charge in [0, 0.05) is 21.3 Å².